The minimum atomic E-state index is 0.547. The first-order valence-corrected chi connectivity index (χ1v) is 25.5. The predicted molar refractivity (Wildman–Crippen MR) is 309 cm³/mol. The Morgan fingerprint density at radius 1 is 0.263 bits per heavy atom. The van der Waals surface area contributed by atoms with Crippen LogP contribution in [0.15, 0.2) is 256 Å². The van der Waals surface area contributed by atoms with E-state index < -0.39 is 0 Å². The summed E-state index contributed by atoms with van der Waals surface area (Å²) in [5.41, 5.74) is 17.5. The van der Waals surface area contributed by atoms with Gasteiger partial charge in [-0.15, -0.1) is 0 Å². The van der Waals surface area contributed by atoms with Gasteiger partial charge in [-0.25, -0.2) is 15.0 Å². The van der Waals surface area contributed by atoms with E-state index in [1.54, 1.807) is 0 Å². The van der Waals surface area contributed by atoms with E-state index in [1.807, 2.05) is 66.7 Å². The summed E-state index contributed by atoms with van der Waals surface area (Å²) in [6, 6.07) is 84.6. The van der Waals surface area contributed by atoms with Gasteiger partial charge in [-0.1, -0.05) is 164 Å². The second-order valence-corrected chi connectivity index (χ2v) is 19.5. The minimum absolute atomic E-state index is 0.547. The van der Waals surface area contributed by atoms with Crippen LogP contribution in [-0.2, 0) is 0 Å². The minimum Gasteiger partial charge on any atom is -0.456 e. The maximum Gasteiger partial charge on any atom is 0.164 e. The highest BCUT2D eigenvalue weighted by atomic mass is 16.3. The molecule has 0 atom stereocenters. The molecule has 0 aliphatic carbocycles. The van der Waals surface area contributed by atoms with E-state index >= 15 is 0 Å². The van der Waals surface area contributed by atoms with Crippen LogP contribution in [0.2, 0.25) is 0 Å². The molecule has 16 rings (SSSR count). The zero-order chi connectivity index (χ0) is 49.8. The van der Waals surface area contributed by atoms with Crippen LogP contribution in [0.4, 0.5) is 0 Å². The first-order valence-electron chi connectivity index (χ1n) is 25.5. The molecule has 0 radical (unpaired) electrons. The van der Waals surface area contributed by atoms with Gasteiger partial charge in [0.25, 0.3) is 0 Å². The summed E-state index contributed by atoms with van der Waals surface area (Å²) in [7, 11) is 0. The van der Waals surface area contributed by atoms with Crippen molar-refractivity contribution < 1.29 is 13.3 Å². The molecule has 11 aromatic carbocycles. The van der Waals surface area contributed by atoms with Crippen molar-refractivity contribution in [2.24, 2.45) is 0 Å². The fourth-order valence-corrected chi connectivity index (χ4v) is 11.5. The third-order valence-electron chi connectivity index (χ3n) is 15.1. The van der Waals surface area contributed by atoms with Crippen LogP contribution in [0.5, 0.6) is 0 Å². The molecular formula is C69H40N4O3. The van der Waals surface area contributed by atoms with Crippen LogP contribution in [0.25, 0.3) is 161 Å². The van der Waals surface area contributed by atoms with Crippen LogP contribution >= 0.6 is 0 Å². The lowest BCUT2D eigenvalue weighted by molar-refractivity contribution is 0.668. The fraction of sp³-hybridized carbons (Fsp3) is 0. The Kier molecular flexibility index (Phi) is 9.20. The number of para-hydroxylation sites is 3. The third-order valence-corrected chi connectivity index (χ3v) is 15.1. The van der Waals surface area contributed by atoms with Crippen molar-refractivity contribution in [2.45, 2.75) is 0 Å². The van der Waals surface area contributed by atoms with E-state index in [2.05, 4.69) is 180 Å². The first kappa shape index (κ1) is 42.2. The molecule has 0 bridgehead atoms. The largest absolute Gasteiger partial charge is 0.456 e. The summed E-state index contributed by atoms with van der Waals surface area (Å²) in [6.45, 7) is 0. The van der Waals surface area contributed by atoms with Gasteiger partial charge in [0, 0.05) is 71.0 Å². The number of hydrogen-bond donors (Lipinski definition) is 0. The molecule has 7 nitrogen and oxygen atoms in total. The average molecular weight is 973 g/mol. The Bertz CT molecular complexity index is 4990. The second kappa shape index (κ2) is 16.6. The summed E-state index contributed by atoms with van der Waals surface area (Å²) in [4.78, 5) is 15.5. The molecule has 5 heterocycles. The number of hydrogen-bond acceptors (Lipinski definition) is 6. The molecule has 76 heavy (non-hydrogen) atoms. The Hall–Kier alpha value is -10.4. The summed E-state index contributed by atoms with van der Waals surface area (Å²) in [5.74, 6) is 1.67. The van der Waals surface area contributed by atoms with Crippen molar-refractivity contribution in [1.29, 1.82) is 0 Å². The second-order valence-electron chi connectivity index (χ2n) is 19.5. The van der Waals surface area contributed by atoms with Crippen LogP contribution in [0.1, 0.15) is 0 Å². The molecule has 5 aromatic heterocycles. The van der Waals surface area contributed by atoms with Gasteiger partial charge in [0.1, 0.15) is 33.5 Å². The Morgan fingerprint density at radius 3 is 1.61 bits per heavy atom. The Balaban J connectivity index is 0.792. The van der Waals surface area contributed by atoms with Crippen molar-refractivity contribution in [3.8, 4) is 73.2 Å². The molecule has 16 aromatic rings. The lowest BCUT2D eigenvalue weighted by Crippen LogP contribution is -2.00. The standard InChI is InChI=1S/C69H40N4O3/c1-3-13-41(14-4-1)46-27-33-52-53-34-28-47(40-64(53)75-63(52)39-46)68-70-67(43-15-5-2-6-16-43)71-69(72-68)55-21-12-24-62-65(55)57-38-45(30-36-61(57)74-62)44-29-35-59-56(37-44)50-17-7-9-22-58(50)73(59)48-31-25-42(26-32-48)49-19-11-20-54-51-18-8-10-23-60(51)76-66(49)54/h1-40H. The van der Waals surface area contributed by atoms with Crippen molar-refractivity contribution in [2.75, 3.05) is 0 Å². The number of fused-ring (bicyclic) bond motifs is 12. The van der Waals surface area contributed by atoms with Gasteiger partial charge in [-0.05, 0) is 107 Å². The molecule has 0 amide bonds. The first-order chi connectivity index (χ1) is 37.6. The maximum atomic E-state index is 6.61. The molecule has 0 spiro atoms. The smallest absolute Gasteiger partial charge is 0.164 e. The highest BCUT2D eigenvalue weighted by Gasteiger charge is 2.21. The molecule has 0 saturated carbocycles. The van der Waals surface area contributed by atoms with Gasteiger partial charge in [0.05, 0.1) is 11.0 Å². The van der Waals surface area contributed by atoms with Crippen molar-refractivity contribution >= 4 is 87.6 Å². The molecule has 7 heteroatoms. The maximum absolute atomic E-state index is 6.61. The van der Waals surface area contributed by atoms with E-state index in [1.165, 1.54) is 10.8 Å². The molecule has 0 saturated heterocycles. The molecule has 0 aliphatic heterocycles. The van der Waals surface area contributed by atoms with Gasteiger partial charge < -0.3 is 17.8 Å². The lowest BCUT2D eigenvalue weighted by atomic mass is 9.99. The number of benzene rings is 11. The van der Waals surface area contributed by atoms with Crippen molar-refractivity contribution in [3.63, 3.8) is 0 Å². The molecule has 354 valence electrons. The summed E-state index contributed by atoms with van der Waals surface area (Å²) in [6.07, 6.45) is 0. The number of rotatable bonds is 7. The number of furan rings is 3. The SMILES string of the molecule is c1ccc(-c2ccc3c(c2)oc2cc(-c4nc(-c5ccccc5)nc(-c5cccc6oc7ccc(-c8ccc9c(c8)c8ccccc8n9-c8ccc(-c9cccc%10c9oc9ccccc9%10)cc8)cc7c56)n4)ccc23)cc1. The van der Waals surface area contributed by atoms with Crippen LogP contribution in [0, 0.1) is 0 Å². The third kappa shape index (κ3) is 6.66. The molecule has 0 N–H and O–H groups in total. The summed E-state index contributed by atoms with van der Waals surface area (Å²) in [5, 5.41) is 8.62. The normalized spacial score (nSPS) is 11.9. The summed E-state index contributed by atoms with van der Waals surface area (Å²) >= 11 is 0. The van der Waals surface area contributed by atoms with Gasteiger partial charge >= 0.3 is 0 Å². The monoisotopic (exact) mass is 972 g/mol. The molecule has 0 aliphatic rings. The van der Waals surface area contributed by atoms with Crippen LogP contribution < -0.4 is 0 Å². The lowest BCUT2D eigenvalue weighted by Gasteiger charge is -2.10. The van der Waals surface area contributed by atoms with Crippen molar-refractivity contribution in [1.82, 2.24) is 19.5 Å². The number of nitrogens with zero attached hydrogens (tertiary/aromatic N) is 4. The fourth-order valence-electron chi connectivity index (χ4n) is 11.5. The molecule has 0 fully saturated rings. The van der Waals surface area contributed by atoms with E-state index in [-0.39, 0.29) is 0 Å². The Morgan fingerprint density at radius 2 is 0.789 bits per heavy atom. The van der Waals surface area contributed by atoms with Crippen LogP contribution in [0.3, 0.4) is 0 Å². The highest BCUT2D eigenvalue weighted by molar-refractivity contribution is 6.15. The van der Waals surface area contributed by atoms with E-state index in [0.717, 1.165) is 133 Å². The quantitative estimate of drug-likeness (QED) is 0.158. The molecule has 0 unspecified atom stereocenters. The van der Waals surface area contributed by atoms with E-state index in [9.17, 15) is 0 Å². The number of aromatic nitrogens is 4. The van der Waals surface area contributed by atoms with Gasteiger partial charge in [-0.3, -0.25) is 0 Å². The van der Waals surface area contributed by atoms with E-state index in [4.69, 9.17) is 28.2 Å². The van der Waals surface area contributed by atoms with Crippen LogP contribution in [-0.4, -0.2) is 19.5 Å². The molecular weight excluding hydrogens is 933 g/mol. The average Bonchev–Trinajstić information content (AvgIpc) is 4.30. The predicted octanol–water partition coefficient (Wildman–Crippen LogP) is 18.7. The topological polar surface area (TPSA) is 83.0 Å². The zero-order valence-corrected chi connectivity index (χ0v) is 40.6. The van der Waals surface area contributed by atoms with Crippen molar-refractivity contribution in [3.05, 3.63) is 243 Å². The summed E-state index contributed by atoms with van der Waals surface area (Å²) < 4.78 is 22.0. The van der Waals surface area contributed by atoms with E-state index in [0.29, 0.717) is 17.5 Å². The van der Waals surface area contributed by atoms with Gasteiger partial charge in [-0.2, -0.15) is 0 Å². The highest BCUT2D eigenvalue weighted by Crippen LogP contribution is 2.42. The zero-order valence-electron chi connectivity index (χ0n) is 40.6. The Labute approximate surface area is 434 Å². The van der Waals surface area contributed by atoms with Gasteiger partial charge in [0.2, 0.25) is 0 Å². The van der Waals surface area contributed by atoms with Gasteiger partial charge in [0.15, 0.2) is 17.5 Å².